The molecule has 0 aliphatic carbocycles. The van der Waals surface area contributed by atoms with E-state index in [-0.39, 0.29) is 5.97 Å². The highest BCUT2D eigenvalue weighted by Gasteiger charge is 2.08. The molecule has 0 aliphatic rings. The van der Waals surface area contributed by atoms with Crippen LogP contribution in [-0.4, -0.2) is 24.6 Å². The molecule has 1 aromatic carbocycles. The zero-order chi connectivity index (χ0) is 11.5. The second-order valence-electron chi connectivity index (χ2n) is 3.60. The number of rotatable bonds is 3. The summed E-state index contributed by atoms with van der Waals surface area (Å²) in [5.41, 5.74) is 8.19. The quantitative estimate of drug-likeness (QED) is 0.766. The van der Waals surface area contributed by atoms with E-state index in [2.05, 4.69) is 9.72 Å². The second-order valence-corrected chi connectivity index (χ2v) is 3.60. The number of hydrogen-bond acceptors (Lipinski definition) is 3. The van der Waals surface area contributed by atoms with Crippen molar-refractivity contribution < 1.29 is 9.53 Å². The number of methoxy groups -OCH3 is 1. The number of aromatic nitrogens is 1. The summed E-state index contributed by atoms with van der Waals surface area (Å²) >= 11 is 0. The van der Waals surface area contributed by atoms with Crippen LogP contribution in [-0.2, 0) is 11.2 Å². The minimum atomic E-state index is -0.322. The first-order valence-corrected chi connectivity index (χ1v) is 5.14. The maximum absolute atomic E-state index is 11.3. The van der Waals surface area contributed by atoms with Crippen molar-refractivity contribution in [2.45, 2.75) is 6.42 Å². The number of esters is 1. The minimum Gasteiger partial charge on any atom is -0.465 e. The molecule has 16 heavy (non-hydrogen) atoms. The highest BCUT2D eigenvalue weighted by Crippen LogP contribution is 2.20. The third kappa shape index (κ3) is 1.79. The molecule has 3 N–H and O–H groups in total. The first kappa shape index (κ1) is 10.7. The molecule has 0 bridgehead atoms. The van der Waals surface area contributed by atoms with Crippen molar-refractivity contribution in [3.05, 3.63) is 35.5 Å². The summed E-state index contributed by atoms with van der Waals surface area (Å²) in [4.78, 5) is 14.5. The molecule has 4 heteroatoms. The number of ether oxygens (including phenoxy) is 1. The van der Waals surface area contributed by atoms with Gasteiger partial charge < -0.3 is 15.5 Å². The largest absolute Gasteiger partial charge is 0.465 e. The van der Waals surface area contributed by atoms with Gasteiger partial charge in [0.15, 0.2) is 0 Å². The van der Waals surface area contributed by atoms with Crippen molar-refractivity contribution in [3.63, 3.8) is 0 Å². The van der Waals surface area contributed by atoms with Gasteiger partial charge in [0.1, 0.15) is 0 Å². The molecule has 0 unspecified atom stereocenters. The molecule has 4 nitrogen and oxygen atoms in total. The summed E-state index contributed by atoms with van der Waals surface area (Å²) in [6, 6.07) is 5.48. The number of nitrogens with two attached hydrogens (primary N) is 1. The number of hydrogen-bond donors (Lipinski definition) is 2. The molecule has 0 fully saturated rings. The molecule has 0 radical (unpaired) electrons. The first-order chi connectivity index (χ1) is 7.76. The lowest BCUT2D eigenvalue weighted by Crippen LogP contribution is -2.02. The van der Waals surface area contributed by atoms with E-state index in [0.29, 0.717) is 12.1 Å². The molecule has 0 aliphatic heterocycles. The fraction of sp³-hybridized carbons (Fsp3) is 0.250. The third-order valence-electron chi connectivity index (χ3n) is 2.60. The Bertz CT molecular complexity index is 517. The molecule has 0 saturated carbocycles. The number of nitrogens with one attached hydrogen (secondary N) is 1. The van der Waals surface area contributed by atoms with Crippen LogP contribution in [0.3, 0.4) is 0 Å². The fourth-order valence-corrected chi connectivity index (χ4v) is 1.79. The van der Waals surface area contributed by atoms with Gasteiger partial charge in [0.2, 0.25) is 0 Å². The van der Waals surface area contributed by atoms with Crippen molar-refractivity contribution >= 4 is 16.9 Å². The van der Waals surface area contributed by atoms with Gasteiger partial charge in [0.25, 0.3) is 0 Å². The number of fused-ring (bicyclic) bond motifs is 1. The Kier molecular flexibility index (Phi) is 2.92. The number of aromatic amines is 1. The highest BCUT2D eigenvalue weighted by molar-refractivity contribution is 5.95. The molecule has 84 valence electrons. The van der Waals surface area contributed by atoms with Gasteiger partial charge in [-0.3, -0.25) is 0 Å². The third-order valence-corrected chi connectivity index (χ3v) is 2.60. The summed E-state index contributed by atoms with van der Waals surface area (Å²) < 4.78 is 4.67. The minimum absolute atomic E-state index is 0.322. The van der Waals surface area contributed by atoms with Gasteiger partial charge >= 0.3 is 5.97 Å². The summed E-state index contributed by atoms with van der Waals surface area (Å²) in [5, 5.41) is 1.11. The van der Waals surface area contributed by atoms with Crippen LogP contribution < -0.4 is 5.73 Å². The Morgan fingerprint density at radius 2 is 2.31 bits per heavy atom. The smallest absolute Gasteiger partial charge is 0.337 e. The van der Waals surface area contributed by atoms with Gasteiger partial charge in [0, 0.05) is 17.1 Å². The van der Waals surface area contributed by atoms with Gasteiger partial charge in [-0.15, -0.1) is 0 Å². The van der Waals surface area contributed by atoms with E-state index in [0.717, 1.165) is 17.3 Å². The maximum atomic E-state index is 11.3. The SMILES string of the molecule is COC(=O)c1ccc2c(CCN)c[nH]c2c1. The zero-order valence-electron chi connectivity index (χ0n) is 9.12. The molecule has 0 spiro atoms. The van der Waals surface area contributed by atoms with Crippen molar-refractivity contribution in [2.24, 2.45) is 5.73 Å². The average Bonchev–Trinajstić information content (AvgIpc) is 2.71. The monoisotopic (exact) mass is 218 g/mol. The summed E-state index contributed by atoms with van der Waals surface area (Å²) in [6.45, 7) is 0.617. The van der Waals surface area contributed by atoms with E-state index in [9.17, 15) is 4.79 Å². The van der Waals surface area contributed by atoms with Crippen LogP contribution in [0.4, 0.5) is 0 Å². The van der Waals surface area contributed by atoms with Crippen LogP contribution >= 0.6 is 0 Å². The Morgan fingerprint density at radius 3 is 3.00 bits per heavy atom. The van der Waals surface area contributed by atoms with Gasteiger partial charge in [-0.2, -0.15) is 0 Å². The van der Waals surface area contributed by atoms with Gasteiger partial charge in [-0.05, 0) is 30.7 Å². The average molecular weight is 218 g/mol. The Morgan fingerprint density at radius 1 is 1.50 bits per heavy atom. The van der Waals surface area contributed by atoms with Gasteiger partial charge in [-0.1, -0.05) is 6.07 Å². The lowest BCUT2D eigenvalue weighted by molar-refractivity contribution is 0.0601. The number of benzene rings is 1. The number of carbonyl (C=O) groups is 1. The fourth-order valence-electron chi connectivity index (χ4n) is 1.79. The van der Waals surface area contributed by atoms with Crippen molar-refractivity contribution in [2.75, 3.05) is 13.7 Å². The van der Waals surface area contributed by atoms with Crippen LogP contribution in [0, 0.1) is 0 Å². The van der Waals surface area contributed by atoms with E-state index in [1.54, 1.807) is 12.1 Å². The lowest BCUT2D eigenvalue weighted by Gasteiger charge is -2.00. The predicted octanol–water partition coefficient (Wildman–Crippen LogP) is 1.46. The van der Waals surface area contributed by atoms with Crippen LogP contribution in [0.5, 0.6) is 0 Å². The molecular weight excluding hydrogens is 204 g/mol. The van der Waals surface area contributed by atoms with E-state index in [1.807, 2.05) is 12.3 Å². The molecule has 2 rings (SSSR count). The summed E-state index contributed by atoms with van der Waals surface area (Å²) in [6.07, 6.45) is 2.76. The second kappa shape index (κ2) is 4.37. The van der Waals surface area contributed by atoms with E-state index >= 15 is 0 Å². The van der Waals surface area contributed by atoms with Crippen LogP contribution in [0.2, 0.25) is 0 Å². The molecule has 1 heterocycles. The topological polar surface area (TPSA) is 68.1 Å². The molecule has 2 aromatic rings. The van der Waals surface area contributed by atoms with E-state index in [4.69, 9.17) is 5.73 Å². The molecular formula is C12H14N2O2. The Balaban J connectivity index is 2.44. The highest BCUT2D eigenvalue weighted by atomic mass is 16.5. The summed E-state index contributed by atoms with van der Waals surface area (Å²) in [7, 11) is 1.38. The van der Waals surface area contributed by atoms with Crippen molar-refractivity contribution in [3.8, 4) is 0 Å². The van der Waals surface area contributed by atoms with Gasteiger partial charge in [0.05, 0.1) is 12.7 Å². The van der Waals surface area contributed by atoms with Gasteiger partial charge in [-0.25, -0.2) is 4.79 Å². The van der Waals surface area contributed by atoms with E-state index in [1.165, 1.54) is 12.7 Å². The van der Waals surface area contributed by atoms with Crippen molar-refractivity contribution in [1.29, 1.82) is 0 Å². The predicted molar refractivity (Wildman–Crippen MR) is 62.4 cm³/mol. The maximum Gasteiger partial charge on any atom is 0.337 e. The summed E-state index contributed by atoms with van der Waals surface area (Å²) in [5.74, 6) is -0.322. The lowest BCUT2D eigenvalue weighted by atomic mass is 10.1. The van der Waals surface area contributed by atoms with Crippen LogP contribution in [0.1, 0.15) is 15.9 Å². The number of H-pyrrole nitrogens is 1. The first-order valence-electron chi connectivity index (χ1n) is 5.14. The Hall–Kier alpha value is -1.81. The Labute approximate surface area is 93.4 Å². The van der Waals surface area contributed by atoms with E-state index < -0.39 is 0 Å². The van der Waals surface area contributed by atoms with Crippen LogP contribution in [0.15, 0.2) is 24.4 Å². The normalized spacial score (nSPS) is 10.6. The number of carbonyl (C=O) groups excluding carboxylic acids is 1. The zero-order valence-corrected chi connectivity index (χ0v) is 9.12. The van der Waals surface area contributed by atoms with Crippen LogP contribution in [0.25, 0.3) is 10.9 Å². The molecule has 0 atom stereocenters. The van der Waals surface area contributed by atoms with Crippen molar-refractivity contribution in [1.82, 2.24) is 4.98 Å². The molecule has 1 aromatic heterocycles. The standard InChI is InChI=1S/C12H14N2O2/c1-16-12(15)8-2-3-10-9(4-5-13)7-14-11(10)6-8/h2-3,6-7,14H,4-5,13H2,1H3. The molecule has 0 saturated heterocycles. The molecule has 0 amide bonds.